The molecule has 2 amide bonds. The summed E-state index contributed by atoms with van der Waals surface area (Å²) in [5.41, 5.74) is 0.614. The van der Waals surface area contributed by atoms with Crippen molar-refractivity contribution in [2.24, 2.45) is 0 Å². The Kier molecular flexibility index (Phi) is 3.96. The number of hydrogen-bond donors (Lipinski definition) is 1. The van der Waals surface area contributed by atoms with Gasteiger partial charge in [-0.1, -0.05) is 0 Å². The Hall–Kier alpha value is -2.15. The minimum Gasteiger partial charge on any atom is -0.480 e. The van der Waals surface area contributed by atoms with Gasteiger partial charge in [-0.2, -0.15) is 0 Å². The van der Waals surface area contributed by atoms with E-state index in [4.69, 9.17) is 9.84 Å². The second kappa shape index (κ2) is 5.66. The van der Waals surface area contributed by atoms with Gasteiger partial charge < -0.3 is 14.7 Å². The van der Waals surface area contributed by atoms with Crippen molar-refractivity contribution < 1.29 is 19.4 Å². The predicted molar refractivity (Wildman–Crippen MR) is 67.0 cm³/mol. The minimum atomic E-state index is -1.06. The van der Waals surface area contributed by atoms with E-state index in [0.717, 1.165) is 0 Å². The molecule has 1 saturated heterocycles. The van der Waals surface area contributed by atoms with Gasteiger partial charge in [0.25, 0.3) is 0 Å². The van der Waals surface area contributed by atoms with Crippen molar-refractivity contribution in [3.8, 4) is 0 Å². The van der Waals surface area contributed by atoms with Crippen molar-refractivity contribution in [2.75, 3.05) is 31.7 Å². The van der Waals surface area contributed by atoms with Crippen LogP contribution in [-0.2, 0) is 9.53 Å². The van der Waals surface area contributed by atoms with E-state index < -0.39 is 12.0 Å². The van der Waals surface area contributed by atoms with E-state index in [1.165, 1.54) is 9.80 Å². The Morgan fingerprint density at radius 2 is 2.37 bits per heavy atom. The number of ether oxygens (including phenoxy) is 1. The summed E-state index contributed by atoms with van der Waals surface area (Å²) in [5.74, 6) is -1.06. The summed E-state index contributed by atoms with van der Waals surface area (Å²) >= 11 is 0. The van der Waals surface area contributed by atoms with Crippen molar-refractivity contribution in [1.29, 1.82) is 0 Å². The fraction of sp³-hybridized carbons (Fsp3) is 0.417. The van der Waals surface area contributed by atoms with Gasteiger partial charge in [0.2, 0.25) is 0 Å². The van der Waals surface area contributed by atoms with Gasteiger partial charge in [0.15, 0.2) is 6.04 Å². The zero-order chi connectivity index (χ0) is 13.8. The van der Waals surface area contributed by atoms with E-state index in [1.54, 1.807) is 31.6 Å². The number of amides is 2. The quantitative estimate of drug-likeness (QED) is 0.838. The molecule has 1 fully saturated rings. The average molecular weight is 265 g/mol. The highest BCUT2D eigenvalue weighted by Gasteiger charge is 2.34. The maximum Gasteiger partial charge on any atom is 0.328 e. The largest absolute Gasteiger partial charge is 0.480 e. The summed E-state index contributed by atoms with van der Waals surface area (Å²) < 4.78 is 5.10. The molecule has 0 bridgehead atoms. The van der Waals surface area contributed by atoms with Crippen LogP contribution in [-0.4, -0.2) is 59.8 Å². The molecular weight excluding hydrogens is 250 g/mol. The first-order chi connectivity index (χ1) is 9.11. The molecule has 1 atom stereocenters. The monoisotopic (exact) mass is 265 g/mol. The van der Waals surface area contributed by atoms with Crippen LogP contribution in [0.15, 0.2) is 24.5 Å². The lowest BCUT2D eigenvalue weighted by molar-refractivity contribution is -0.147. The fourth-order valence-electron chi connectivity index (χ4n) is 1.89. The number of rotatable bonds is 2. The highest BCUT2D eigenvalue weighted by atomic mass is 16.5. The van der Waals surface area contributed by atoms with Crippen molar-refractivity contribution in [1.82, 2.24) is 9.88 Å². The molecule has 0 saturated carbocycles. The third-order valence-corrected chi connectivity index (χ3v) is 2.98. The number of anilines is 1. The number of carbonyl (C=O) groups excluding carboxylic acids is 1. The molecule has 1 N–H and O–H groups in total. The molecule has 0 aliphatic carbocycles. The molecule has 1 aromatic heterocycles. The van der Waals surface area contributed by atoms with E-state index >= 15 is 0 Å². The molecule has 0 radical (unpaired) electrons. The molecule has 1 aliphatic rings. The van der Waals surface area contributed by atoms with Gasteiger partial charge >= 0.3 is 12.0 Å². The minimum absolute atomic E-state index is 0.0158. The number of carboxylic acid groups (broad SMARTS) is 1. The maximum atomic E-state index is 12.3. The molecule has 7 nitrogen and oxygen atoms in total. The van der Waals surface area contributed by atoms with Crippen LogP contribution in [0, 0.1) is 0 Å². The molecule has 1 aliphatic heterocycles. The summed E-state index contributed by atoms with van der Waals surface area (Å²) in [4.78, 5) is 30.1. The zero-order valence-electron chi connectivity index (χ0n) is 10.5. The molecule has 2 heterocycles. The van der Waals surface area contributed by atoms with Gasteiger partial charge in [-0.15, -0.1) is 0 Å². The van der Waals surface area contributed by atoms with Crippen LogP contribution in [0.5, 0.6) is 0 Å². The smallest absolute Gasteiger partial charge is 0.328 e. The van der Waals surface area contributed by atoms with E-state index in [0.29, 0.717) is 12.3 Å². The molecule has 2 rings (SSSR count). The van der Waals surface area contributed by atoms with E-state index in [1.807, 2.05) is 0 Å². The molecule has 1 aromatic rings. The Bertz CT molecular complexity index is 465. The lowest BCUT2D eigenvalue weighted by Gasteiger charge is -2.35. The number of aliphatic carboxylic acids is 1. The van der Waals surface area contributed by atoms with Gasteiger partial charge in [0.1, 0.15) is 0 Å². The Morgan fingerprint density at radius 3 is 3.00 bits per heavy atom. The first kappa shape index (κ1) is 13.3. The van der Waals surface area contributed by atoms with Crippen molar-refractivity contribution >= 4 is 17.7 Å². The van der Waals surface area contributed by atoms with Crippen LogP contribution in [0.4, 0.5) is 10.5 Å². The van der Waals surface area contributed by atoms with Gasteiger partial charge in [-0.3, -0.25) is 9.88 Å². The Balaban J connectivity index is 2.15. The number of urea groups is 1. The lowest BCUT2D eigenvalue weighted by atomic mass is 10.2. The van der Waals surface area contributed by atoms with E-state index in [9.17, 15) is 9.59 Å². The summed E-state index contributed by atoms with van der Waals surface area (Å²) in [6.45, 7) is 0.624. The normalized spacial score (nSPS) is 19.0. The number of aromatic nitrogens is 1. The standard InChI is InChI=1S/C12H15N3O4/c1-14(9-3-2-4-13-7-9)12(18)15-5-6-19-8-10(15)11(16)17/h2-4,7,10H,5-6,8H2,1H3,(H,16,17). The van der Waals surface area contributed by atoms with E-state index in [2.05, 4.69) is 4.98 Å². The summed E-state index contributed by atoms with van der Waals surface area (Å²) in [6.07, 6.45) is 3.16. The molecule has 0 spiro atoms. The van der Waals surface area contributed by atoms with Crippen LogP contribution in [0.1, 0.15) is 0 Å². The third-order valence-electron chi connectivity index (χ3n) is 2.98. The number of carboxylic acids is 1. The molecule has 7 heteroatoms. The van der Waals surface area contributed by atoms with Crippen molar-refractivity contribution in [3.63, 3.8) is 0 Å². The topological polar surface area (TPSA) is 83.0 Å². The first-order valence-electron chi connectivity index (χ1n) is 5.86. The second-order valence-electron chi connectivity index (χ2n) is 4.18. The number of carbonyl (C=O) groups is 2. The van der Waals surface area contributed by atoms with Crippen molar-refractivity contribution in [2.45, 2.75) is 6.04 Å². The van der Waals surface area contributed by atoms with Crippen LogP contribution in [0.3, 0.4) is 0 Å². The van der Waals surface area contributed by atoms with Gasteiger partial charge in [-0.25, -0.2) is 9.59 Å². The van der Waals surface area contributed by atoms with Crippen LogP contribution < -0.4 is 4.90 Å². The lowest BCUT2D eigenvalue weighted by Crippen LogP contribution is -2.56. The number of hydrogen-bond acceptors (Lipinski definition) is 4. The van der Waals surface area contributed by atoms with Crippen LogP contribution >= 0.6 is 0 Å². The number of nitrogens with zero attached hydrogens (tertiary/aromatic N) is 3. The highest BCUT2D eigenvalue weighted by molar-refractivity contribution is 5.94. The summed E-state index contributed by atoms with van der Waals surface area (Å²) in [5, 5.41) is 9.11. The van der Waals surface area contributed by atoms with Gasteiger partial charge in [0.05, 0.1) is 25.1 Å². The SMILES string of the molecule is CN(C(=O)N1CCOCC1C(=O)O)c1cccnc1. The predicted octanol–water partition coefficient (Wildman–Crippen LogP) is 0.423. The van der Waals surface area contributed by atoms with Crippen LogP contribution in [0.2, 0.25) is 0 Å². The number of morpholine rings is 1. The van der Waals surface area contributed by atoms with Crippen molar-refractivity contribution in [3.05, 3.63) is 24.5 Å². The Labute approximate surface area is 110 Å². The molecule has 0 aromatic carbocycles. The van der Waals surface area contributed by atoms with Gasteiger partial charge in [0, 0.05) is 19.8 Å². The molecule has 1 unspecified atom stereocenters. The summed E-state index contributed by atoms with van der Waals surface area (Å²) in [6, 6.07) is 2.14. The summed E-state index contributed by atoms with van der Waals surface area (Å²) in [7, 11) is 1.59. The average Bonchev–Trinajstić information content (AvgIpc) is 2.46. The van der Waals surface area contributed by atoms with Gasteiger partial charge in [-0.05, 0) is 12.1 Å². The molecule has 19 heavy (non-hydrogen) atoms. The number of pyridine rings is 1. The maximum absolute atomic E-state index is 12.3. The Morgan fingerprint density at radius 1 is 1.58 bits per heavy atom. The highest BCUT2D eigenvalue weighted by Crippen LogP contribution is 2.15. The third kappa shape index (κ3) is 2.82. The zero-order valence-corrected chi connectivity index (χ0v) is 10.5. The molecular formula is C12H15N3O4. The van der Waals surface area contributed by atoms with Crippen LogP contribution in [0.25, 0.3) is 0 Å². The second-order valence-corrected chi connectivity index (χ2v) is 4.18. The van der Waals surface area contributed by atoms with E-state index in [-0.39, 0.29) is 19.2 Å². The first-order valence-corrected chi connectivity index (χ1v) is 5.86. The molecule has 102 valence electrons. The fourth-order valence-corrected chi connectivity index (χ4v) is 1.89.